The summed E-state index contributed by atoms with van der Waals surface area (Å²) in [4.78, 5) is 10.9. The van der Waals surface area contributed by atoms with Crippen molar-refractivity contribution >= 4 is 17.6 Å². The molecule has 3 nitrogen and oxygen atoms in total. The van der Waals surface area contributed by atoms with E-state index in [1.165, 1.54) is 19.1 Å². The molecule has 0 bridgehead atoms. The Morgan fingerprint density at radius 2 is 2.19 bits per heavy atom. The van der Waals surface area contributed by atoms with Gasteiger partial charge < -0.3 is 9.84 Å². The van der Waals surface area contributed by atoms with Crippen LogP contribution < -0.4 is 4.74 Å². The Hall–Kier alpha value is -1.36. The summed E-state index contributed by atoms with van der Waals surface area (Å²) in [5, 5.41) is 8.90. The van der Waals surface area contributed by atoms with Crippen LogP contribution in [0.15, 0.2) is 12.1 Å². The van der Waals surface area contributed by atoms with E-state index < -0.39 is 12.6 Å². The highest BCUT2D eigenvalue weighted by Crippen LogP contribution is 2.25. The van der Waals surface area contributed by atoms with Crippen molar-refractivity contribution in [3.63, 3.8) is 0 Å². The van der Waals surface area contributed by atoms with E-state index in [9.17, 15) is 13.6 Å². The quantitative estimate of drug-likeness (QED) is 0.836. The standard InChI is InChI=1S/C10H9ClF2O3/c1-5-2-7(16-10(12)13)3-6(4-11)8(5)9(14)15/h2-3,10H,4H2,1H3,(H,14,15). The number of alkyl halides is 3. The van der Waals surface area contributed by atoms with E-state index in [2.05, 4.69) is 4.74 Å². The highest BCUT2D eigenvalue weighted by atomic mass is 35.5. The van der Waals surface area contributed by atoms with Gasteiger partial charge in [-0.15, -0.1) is 11.6 Å². The van der Waals surface area contributed by atoms with Crippen LogP contribution in [0.2, 0.25) is 0 Å². The van der Waals surface area contributed by atoms with Gasteiger partial charge in [0.05, 0.1) is 5.56 Å². The molecule has 0 saturated heterocycles. The fourth-order valence-corrected chi connectivity index (χ4v) is 1.62. The van der Waals surface area contributed by atoms with Crippen molar-refractivity contribution in [3.8, 4) is 5.75 Å². The van der Waals surface area contributed by atoms with Crippen molar-refractivity contribution in [1.29, 1.82) is 0 Å². The largest absolute Gasteiger partial charge is 0.478 e. The average molecular weight is 251 g/mol. The molecule has 0 aliphatic heterocycles. The third-order valence-electron chi connectivity index (χ3n) is 1.97. The molecule has 0 aliphatic rings. The number of rotatable bonds is 4. The molecular formula is C10H9ClF2O3. The number of aryl methyl sites for hydroxylation is 1. The van der Waals surface area contributed by atoms with Gasteiger partial charge in [-0.1, -0.05) is 0 Å². The van der Waals surface area contributed by atoms with E-state index in [-0.39, 0.29) is 22.8 Å². The number of ether oxygens (including phenoxy) is 1. The van der Waals surface area contributed by atoms with Gasteiger partial charge in [-0.05, 0) is 30.2 Å². The SMILES string of the molecule is Cc1cc(OC(F)F)cc(CCl)c1C(=O)O. The second-order valence-corrected chi connectivity index (χ2v) is 3.36. The summed E-state index contributed by atoms with van der Waals surface area (Å²) in [5.74, 6) is -1.31. The number of carbonyl (C=O) groups is 1. The number of benzene rings is 1. The van der Waals surface area contributed by atoms with Crippen molar-refractivity contribution in [3.05, 3.63) is 28.8 Å². The Labute approximate surface area is 95.6 Å². The predicted octanol–water partition coefficient (Wildman–Crippen LogP) is 3.03. The van der Waals surface area contributed by atoms with Crippen molar-refractivity contribution in [2.75, 3.05) is 0 Å². The second-order valence-electron chi connectivity index (χ2n) is 3.09. The molecule has 0 aromatic heterocycles. The second kappa shape index (κ2) is 5.12. The van der Waals surface area contributed by atoms with Crippen molar-refractivity contribution in [2.24, 2.45) is 0 Å². The Morgan fingerprint density at radius 1 is 1.56 bits per heavy atom. The normalized spacial score (nSPS) is 10.6. The third-order valence-corrected chi connectivity index (χ3v) is 2.26. The predicted molar refractivity (Wildman–Crippen MR) is 54.3 cm³/mol. The molecule has 0 aliphatic carbocycles. The molecule has 0 atom stereocenters. The van der Waals surface area contributed by atoms with Crippen LogP contribution in [0.5, 0.6) is 5.75 Å². The van der Waals surface area contributed by atoms with Crippen molar-refractivity contribution in [1.82, 2.24) is 0 Å². The molecule has 1 aromatic carbocycles. The van der Waals surface area contributed by atoms with Gasteiger partial charge in [-0.3, -0.25) is 0 Å². The van der Waals surface area contributed by atoms with Crippen molar-refractivity contribution < 1.29 is 23.4 Å². The molecule has 1 aromatic rings. The number of carboxylic acid groups (broad SMARTS) is 1. The van der Waals surface area contributed by atoms with Gasteiger partial charge in [-0.2, -0.15) is 8.78 Å². The zero-order chi connectivity index (χ0) is 12.3. The first-order valence-corrected chi connectivity index (χ1v) is 4.86. The molecule has 0 unspecified atom stereocenters. The van der Waals surface area contributed by atoms with E-state index in [4.69, 9.17) is 16.7 Å². The van der Waals surface area contributed by atoms with E-state index in [1.54, 1.807) is 0 Å². The van der Waals surface area contributed by atoms with Gasteiger partial charge in [0.15, 0.2) is 0 Å². The summed E-state index contributed by atoms with van der Waals surface area (Å²) in [6, 6.07) is 2.45. The highest BCUT2D eigenvalue weighted by molar-refractivity contribution is 6.17. The summed E-state index contributed by atoms with van der Waals surface area (Å²) in [6.07, 6.45) is 0. The minimum absolute atomic E-state index is 0.0246. The van der Waals surface area contributed by atoms with Crippen LogP contribution in [0, 0.1) is 6.92 Å². The van der Waals surface area contributed by atoms with Gasteiger partial charge in [-0.25, -0.2) is 4.79 Å². The molecule has 6 heteroatoms. The van der Waals surface area contributed by atoms with Crippen LogP contribution in [0.3, 0.4) is 0 Å². The Morgan fingerprint density at radius 3 is 2.62 bits per heavy atom. The summed E-state index contributed by atoms with van der Waals surface area (Å²) < 4.78 is 28.1. The lowest BCUT2D eigenvalue weighted by molar-refractivity contribution is -0.0498. The third kappa shape index (κ3) is 2.82. The average Bonchev–Trinajstić information content (AvgIpc) is 2.14. The Balaban J connectivity index is 3.21. The highest BCUT2D eigenvalue weighted by Gasteiger charge is 2.16. The molecule has 0 radical (unpaired) electrons. The van der Waals surface area contributed by atoms with Gasteiger partial charge in [0, 0.05) is 5.88 Å². The molecular weight excluding hydrogens is 242 g/mol. The lowest BCUT2D eigenvalue weighted by Crippen LogP contribution is -2.07. The first-order valence-electron chi connectivity index (χ1n) is 4.33. The number of hydrogen-bond acceptors (Lipinski definition) is 2. The van der Waals surface area contributed by atoms with Crippen LogP contribution in [0.25, 0.3) is 0 Å². The maximum Gasteiger partial charge on any atom is 0.387 e. The molecule has 0 heterocycles. The summed E-state index contributed by atoms with van der Waals surface area (Å²) >= 11 is 5.55. The molecule has 88 valence electrons. The molecule has 16 heavy (non-hydrogen) atoms. The monoisotopic (exact) mass is 250 g/mol. The van der Waals surface area contributed by atoms with Crippen LogP contribution in [0.4, 0.5) is 8.78 Å². The van der Waals surface area contributed by atoms with E-state index >= 15 is 0 Å². The van der Waals surface area contributed by atoms with Gasteiger partial charge in [0.1, 0.15) is 5.75 Å². The topological polar surface area (TPSA) is 46.5 Å². The summed E-state index contributed by atoms with van der Waals surface area (Å²) in [7, 11) is 0. The Kier molecular flexibility index (Phi) is 4.06. The minimum Gasteiger partial charge on any atom is -0.478 e. The smallest absolute Gasteiger partial charge is 0.387 e. The first-order chi connectivity index (χ1) is 7.45. The number of hydrogen-bond donors (Lipinski definition) is 1. The number of aromatic carboxylic acids is 1. The molecule has 1 rings (SSSR count). The van der Waals surface area contributed by atoms with E-state index in [0.717, 1.165) is 0 Å². The van der Waals surface area contributed by atoms with Gasteiger partial charge >= 0.3 is 12.6 Å². The first kappa shape index (κ1) is 12.7. The molecule has 0 amide bonds. The fourth-order valence-electron chi connectivity index (χ4n) is 1.41. The van der Waals surface area contributed by atoms with E-state index in [1.807, 2.05) is 0 Å². The lowest BCUT2D eigenvalue weighted by Gasteiger charge is -2.11. The summed E-state index contributed by atoms with van der Waals surface area (Å²) in [5.41, 5.74) is 0.614. The van der Waals surface area contributed by atoms with E-state index in [0.29, 0.717) is 5.56 Å². The number of carboxylic acids is 1. The van der Waals surface area contributed by atoms with Crippen molar-refractivity contribution in [2.45, 2.75) is 19.4 Å². The Bertz CT molecular complexity index is 407. The zero-order valence-electron chi connectivity index (χ0n) is 8.34. The summed E-state index contributed by atoms with van der Waals surface area (Å²) in [6.45, 7) is -1.45. The van der Waals surface area contributed by atoms with Crippen LogP contribution in [-0.2, 0) is 5.88 Å². The number of halogens is 3. The molecule has 0 spiro atoms. The molecule has 0 fully saturated rings. The lowest BCUT2D eigenvalue weighted by atomic mass is 10.0. The molecule has 1 N–H and O–H groups in total. The van der Waals surface area contributed by atoms with Gasteiger partial charge in [0.25, 0.3) is 0 Å². The minimum atomic E-state index is -2.95. The molecule has 0 saturated carbocycles. The maximum atomic E-state index is 12.0. The fraction of sp³-hybridized carbons (Fsp3) is 0.300. The van der Waals surface area contributed by atoms with Crippen LogP contribution in [-0.4, -0.2) is 17.7 Å². The van der Waals surface area contributed by atoms with Crippen LogP contribution >= 0.6 is 11.6 Å². The zero-order valence-corrected chi connectivity index (χ0v) is 9.09. The van der Waals surface area contributed by atoms with Crippen LogP contribution in [0.1, 0.15) is 21.5 Å². The maximum absolute atomic E-state index is 12.0. The van der Waals surface area contributed by atoms with Gasteiger partial charge in [0.2, 0.25) is 0 Å².